The van der Waals surface area contributed by atoms with Gasteiger partial charge < -0.3 is 9.64 Å². The maximum Gasteiger partial charge on any atom is 0.228 e. The highest BCUT2D eigenvalue weighted by molar-refractivity contribution is 5.88. The highest BCUT2D eigenvalue weighted by Gasteiger charge is 2.21. The number of fused-ring (bicyclic) bond motifs is 2. The molecule has 0 spiro atoms. The van der Waals surface area contributed by atoms with Gasteiger partial charge in [0.1, 0.15) is 11.2 Å². The van der Waals surface area contributed by atoms with E-state index in [9.17, 15) is 0 Å². The van der Waals surface area contributed by atoms with Gasteiger partial charge in [-0.05, 0) is 43.9 Å². The quantitative estimate of drug-likeness (QED) is 0.710. The van der Waals surface area contributed by atoms with Gasteiger partial charge in [0.25, 0.3) is 0 Å². The van der Waals surface area contributed by atoms with E-state index in [4.69, 9.17) is 24.7 Å². The van der Waals surface area contributed by atoms with Gasteiger partial charge in [0.2, 0.25) is 5.95 Å². The van der Waals surface area contributed by atoms with Crippen LogP contribution < -0.4 is 4.90 Å². The van der Waals surface area contributed by atoms with Crippen LogP contribution in [0.3, 0.4) is 0 Å². The molecular formula is C20H21N5O. The molecule has 3 aromatic rings. The van der Waals surface area contributed by atoms with Gasteiger partial charge >= 0.3 is 0 Å². The van der Waals surface area contributed by atoms with Crippen molar-refractivity contribution in [2.75, 3.05) is 31.2 Å². The third-order valence-electron chi connectivity index (χ3n) is 5.37. The van der Waals surface area contributed by atoms with Crippen molar-refractivity contribution in [3.05, 3.63) is 40.7 Å². The zero-order valence-electron chi connectivity index (χ0n) is 15.1. The molecule has 5 rings (SSSR count). The summed E-state index contributed by atoms with van der Waals surface area (Å²) in [6, 6.07) is 6.62. The average molecular weight is 347 g/mol. The minimum atomic E-state index is 0.669. The van der Waals surface area contributed by atoms with Gasteiger partial charge in [-0.1, -0.05) is 12.1 Å². The summed E-state index contributed by atoms with van der Waals surface area (Å²) in [5.41, 5.74) is 8.12. The first-order chi connectivity index (χ1) is 12.7. The first-order valence-electron chi connectivity index (χ1n) is 9.17. The molecule has 1 aliphatic carbocycles. The monoisotopic (exact) mass is 347 g/mol. The highest BCUT2D eigenvalue weighted by Crippen LogP contribution is 2.32. The molecule has 1 aromatic carbocycles. The van der Waals surface area contributed by atoms with E-state index in [1.54, 1.807) is 0 Å². The number of aromatic nitrogens is 4. The molecule has 6 heteroatoms. The first kappa shape index (κ1) is 15.6. The number of hydrogen-bond acceptors (Lipinski definition) is 6. The summed E-state index contributed by atoms with van der Waals surface area (Å²) in [4.78, 5) is 21.3. The smallest absolute Gasteiger partial charge is 0.228 e. The Morgan fingerprint density at radius 1 is 0.885 bits per heavy atom. The lowest BCUT2D eigenvalue weighted by Crippen LogP contribution is -2.37. The summed E-state index contributed by atoms with van der Waals surface area (Å²) in [6.45, 7) is 6.96. The lowest BCUT2D eigenvalue weighted by atomic mass is 9.87. The van der Waals surface area contributed by atoms with E-state index in [1.165, 1.54) is 17.5 Å². The Morgan fingerprint density at radius 3 is 2.38 bits per heavy atom. The van der Waals surface area contributed by atoms with Crippen LogP contribution in [0.5, 0.6) is 0 Å². The molecule has 0 radical (unpaired) electrons. The second-order valence-corrected chi connectivity index (χ2v) is 7.02. The molecule has 1 saturated heterocycles. The minimum Gasteiger partial charge on any atom is -0.378 e. The second-order valence-electron chi connectivity index (χ2n) is 7.02. The van der Waals surface area contributed by atoms with E-state index in [1.807, 2.05) is 13.8 Å². The summed E-state index contributed by atoms with van der Waals surface area (Å²) in [7, 11) is 0. The summed E-state index contributed by atoms with van der Waals surface area (Å²) < 4.78 is 5.47. The molecule has 2 aromatic heterocycles. The number of ether oxygens (including phenoxy) is 1. The number of hydrogen-bond donors (Lipinski definition) is 0. The molecule has 0 N–H and O–H groups in total. The molecule has 1 aliphatic heterocycles. The number of benzene rings is 1. The summed E-state index contributed by atoms with van der Waals surface area (Å²) in [5.74, 6) is 0.719. The molecular weight excluding hydrogens is 326 g/mol. The zero-order valence-corrected chi connectivity index (χ0v) is 15.1. The minimum absolute atomic E-state index is 0.669. The predicted octanol–water partition coefficient (Wildman–Crippen LogP) is 2.64. The Morgan fingerprint density at radius 2 is 1.65 bits per heavy atom. The fourth-order valence-electron chi connectivity index (χ4n) is 3.55. The third-order valence-corrected chi connectivity index (χ3v) is 5.37. The van der Waals surface area contributed by atoms with E-state index >= 15 is 0 Å². The van der Waals surface area contributed by atoms with Crippen LogP contribution in [-0.2, 0) is 17.6 Å². The van der Waals surface area contributed by atoms with Crippen molar-refractivity contribution >= 4 is 17.1 Å². The van der Waals surface area contributed by atoms with Gasteiger partial charge in [-0.15, -0.1) is 0 Å². The predicted molar refractivity (Wildman–Crippen MR) is 100 cm³/mol. The Labute approximate surface area is 152 Å². The molecule has 26 heavy (non-hydrogen) atoms. The van der Waals surface area contributed by atoms with Crippen molar-refractivity contribution in [2.45, 2.75) is 26.7 Å². The van der Waals surface area contributed by atoms with Gasteiger partial charge in [0.15, 0.2) is 5.65 Å². The molecule has 0 bridgehead atoms. The highest BCUT2D eigenvalue weighted by atomic mass is 16.5. The van der Waals surface area contributed by atoms with Crippen molar-refractivity contribution < 1.29 is 4.74 Å². The van der Waals surface area contributed by atoms with E-state index in [2.05, 4.69) is 23.1 Å². The Bertz CT molecular complexity index is 1010. The Kier molecular flexibility index (Phi) is 3.60. The van der Waals surface area contributed by atoms with Crippen LogP contribution in [0.2, 0.25) is 0 Å². The maximum atomic E-state index is 5.47. The average Bonchev–Trinajstić information content (AvgIpc) is 2.64. The molecule has 0 unspecified atom stereocenters. The van der Waals surface area contributed by atoms with Crippen LogP contribution in [0, 0.1) is 13.8 Å². The molecule has 1 fully saturated rings. The van der Waals surface area contributed by atoms with E-state index in [0.717, 1.165) is 53.6 Å². The van der Waals surface area contributed by atoms with Crippen LogP contribution in [-0.4, -0.2) is 46.2 Å². The number of aryl methyl sites for hydroxylation is 4. The van der Waals surface area contributed by atoms with Gasteiger partial charge in [0.05, 0.1) is 24.6 Å². The number of morpholine rings is 1. The lowest BCUT2D eigenvalue weighted by molar-refractivity contribution is 0.122. The molecule has 0 amide bonds. The van der Waals surface area contributed by atoms with Gasteiger partial charge in [-0.3, -0.25) is 0 Å². The molecule has 6 nitrogen and oxygen atoms in total. The van der Waals surface area contributed by atoms with Crippen molar-refractivity contribution in [3.8, 4) is 11.3 Å². The molecule has 132 valence electrons. The lowest BCUT2D eigenvalue weighted by Gasteiger charge is -2.27. The third kappa shape index (κ3) is 2.52. The van der Waals surface area contributed by atoms with Crippen LogP contribution in [0.25, 0.3) is 22.4 Å². The van der Waals surface area contributed by atoms with E-state index in [0.29, 0.717) is 18.9 Å². The first-order valence-corrected chi connectivity index (χ1v) is 9.17. The summed E-state index contributed by atoms with van der Waals surface area (Å²) >= 11 is 0. The normalized spacial score (nSPS) is 16.5. The summed E-state index contributed by atoms with van der Waals surface area (Å²) in [6.07, 6.45) is 2.32. The van der Waals surface area contributed by atoms with Crippen LogP contribution in [0.1, 0.15) is 22.5 Å². The molecule has 0 atom stereocenters. The summed E-state index contributed by atoms with van der Waals surface area (Å²) in [5, 5.41) is 0. The van der Waals surface area contributed by atoms with Crippen molar-refractivity contribution in [2.24, 2.45) is 0 Å². The van der Waals surface area contributed by atoms with Crippen molar-refractivity contribution in [1.82, 2.24) is 19.9 Å². The maximum absolute atomic E-state index is 5.47. The van der Waals surface area contributed by atoms with E-state index in [-0.39, 0.29) is 0 Å². The number of nitrogens with zero attached hydrogens (tertiary/aromatic N) is 5. The molecule has 3 heterocycles. The number of anilines is 1. The standard InChI is InChI=1S/C20H21N5O/c1-12-13(2)22-19-18(21-12)17(16-6-4-14-3-5-15(14)11-16)23-20(24-19)25-7-9-26-10-8-25/h4,6,11H,3,5,7-10H2,1-2H3. The Hall–Kier alpha value is -2.60. The van der Waals surface area contributed by atoms with Gasteiger partial charge in [-0.25, -0.2) is 15.0 Å². The largest absolute Gasteiger partial charge is 0.378 e. The van der Waals surface area contributed by atoms with Crippen LogP contribution >= 0.6 is 0 Å². The molecule has 2 aliphatic rings. The van der Waals surface area contributed by atoms with Crippen molar-refractivity contribution in [3.63, 3.8) is 0 Å². The van der Waals surface area contributed by atoms with Crippen LogP contribution in [0.4, 0.5) is 5.95 Å². The second kappa shape index (κ2) is 5.99. The van der Waals surface area contributed by atoms with Crippen molar-refractivity contribution in [1.29, 1.82) is 0 Å². The fourth-order valence-corrected chi connectivity index (χ4v) is 3.55. The van der Waals surface area contributed by atoms with Gasteiger partial charge in [0, 0.05) is 18.7 Å². The van der Waals surface area contributed by atoms with Gasteiger partial charge in [-0.2, -0.15) is 4.98 Å². The topological polar surface area (TPSA) is 64.0 Å². The number of rotatable bonds is 2. The fraction of sp³-hybridized carbons (Fsp3) is 0.400. The zero-order chi connectivity index (χ0) is 17.7. The van der Waals surface area contributed by atoms with E-state index < -0.39 is 0 Å². The molecule has 0 saturated carbocycles. The van der Waals surface area contributed by atoms with Crippen LogP contribution in [0.15, 0.2) is 18.2 Å². The Balaban J connectivity index is 1.72. The SMILES string of the molecule is Cc1nc2nc(N3CCOCC3)nc(-c3ccc4c(c3)CC4)c2nc1C.